The van der Waals surface area contributed by atoms with E-state index in [0.717, 1.165) is 0 Å². The predicted molar refractivity (Wildman–Crippen MR) is 64.1 cm³/mol. The van der Waals surface area contributed by atoms with Gasteiger partial charge in [-0.2, -0.15) is 0 Å². The van der Waals surface area contributed by atoms with Crippen LogP contribution in [0.1, 0.15) is 11.7 Å². The van der Waals surface area contributed by atoms with Crippen LogP contribution in [0.25, 0.3) is 0 Å². The van der Waals surface area contributed by atoms with Crippen molar-refractivity contribution >= 4 is 22.9 Å². The molecule has 0 radical (unpaired) electrons. The molecular formula is C11H10FN3OS. The van der Waals surface area contributed by atoms with Crippen molar-refractivity contribution in [2.45, 2.75) is 6.04 Å². The second-order valence-electron chi connectivity index (χ2n) is 3.40. The minimum atomic E-state index is -0.747. The number of aromatic nitrogens is 1. The van der Waals surface area contributed by atoms with Gasteiger partial charge in [0.05, 0.1) is 11.2 Å². The number of nitrogens with two attached hydrogens (primary N) is 1. The largest absolute Gasteiger partial charge is 0.369 e. The lowest BCUT2D eigenvalue weighted by atomic mass is 10.2. The molecule has 0 aliphatic carbocycles. The Morgan fingerprint density at radius 3 is 2.94 bits per heavy atom. The van der Waals surface area contributed by atoms with E-state index in [0.29, 0.717) is 11.4 Å². The first-order chi connectivity index (χ1) is 8.16. The summed E-state index contributed by atoms with van der Waals surface area (Å²) in [5.74, 6) is -0.934. The van der Waals surface area contributed by atoms with Crippen LogP contribution in [0, 0.1) is 5.82 Å². The van der Waals surface area contributed by atoms with Gasteiger partial charge in [-0.3, -0.25) is 4.79 Å². The Bertz CT molecular complexity index is 515. The van der Waals surface area contributed by atoms with Crippen molar-refractivity contribution in [3.8, 4) is 0 Å². The zero-order valence-electron chi connectivity index (χ0n) is 8.76. The SMILES string of the molecule is NC(=O)C(Nc1cccc(F)c1)c1cscn1. The van der Waals surface area contributed by atoms with Crippen LogP contribution in [0.3, 0.4) is 0 Å². The average Bonchev–Trinajstić information content (AvgIpc) is 2.78. The van der Waals surface area contributed by atoms with Crippen LogP contribution in [0.5, 0.6) is 0 Å². The Kier molecular flexibility index (Phi) is 3.34. The van der Waals surface area contributed by atoms with E-state index in [1.165, 1.54) is 23.5 Å². The van der Waals surface area contributed by atoms with E-state index in [9.17, 15) is 9.18 Å². The lowest BCUT2D eigenvalue weighted by Crippen LogP contribution is -2.27. The van der Waals surface area contributed by atoms with Crippen LogP contribution in [-0.2, 0) is 4.79 Å². The number of amides is 1. The van der Waals surface area contributed by atoms with Crippen LogP contribution in [-0.4, -0.2) is 10.9 Å². The van der Waals surface area contributed by atoms with Gasteiger partial charge in [-0.15, -0.1) is 11.3 Å². The summed E-state index contributed by atoms with van der Waals surface area (Å²) in [6.45, 7) is 0. The molecule has 3 N–H and O–H groups in total. The fourth-order valence-electron chi connectivity index (χ4n) is 1.40. The molecule has 0 fully saturated rings. The highest BCUT2D eigenvalue weighted by atomic mass is 32.1. The number of halogens is 1. The molecular weight excluding hydrogens is 241 g/mol. The van der Waals surface area contributed by atoms with Crippen LogP contribution in [0.15, 0.2) is 35.2 Å². The van der Waals surface area contributed by atoms with E-state index in [-0.39, 0.29) is 5.82 Å². The van der Waals surface area contributed by atoms with E-state index < -0.39 is 11.9 Å². The predicted octanol–water partition coefficient (Wildman–Crippen LogP) is 1.92. The molecule has 0 saturated carbocycles. The molecule has 1 heterocycles. The Morgan fingerprint density at radius 2 is 2.35 bits per heavy atom. The molecule has 1 aromatic carbocycles. The highest BCUT2D eigenvalue weighted by molar-refractivity contribution is 7.07. The summed E-state index contributed by atoms with van der Waals surface area (Å²) < 4.78 is 13.0. The van der Waals surface area contributed by atoms with Gasteiger partial charge in [-0.05, 0) is 18.2 Å². The van der Waals surface area contributed by atoms with E-state index in [1.54, 1.807) is 23.0 Å². The normalized spacial score (nSPS) is 12.1. The molecule has 0 aliphatic rings. The monoisotopic (exact) mass is 251 g/mol. The van der Waals surface area contributed by atoms with Crippen molar-refractivity contribution < 1.29 is 9.18 Å². The Labute approximate surface area is 101 Å². The molecule has 1 amide bonds. The molecule has 4 nitrogen and oxygen atoms in total. The fourth-order valence-corrected chi connectivity index (χ4v) is 1.98. The van der Waals surface area contributed by atoms with Crippen molar-refractivity contribution in [2.75, 3.05) is 5.32 Å². The maximum absolute atomic E-state index is 13.0. The van der Waals surface area contributed by atoms with Crippen molar-refractivity contribution in [1.29, 1.82) is 0 Å². The fraction of sp³-hybridized carbons (Fsp3) is 0.0909. The molecule has 1 aromatic heterocycles. The molecule has 2 rings (SSSR count). The summed E-state index contributed by atoms with van der Waals surface area (Å²) in [7, 11) is 0. The molecule has 0 saturated heterocycles. The molecule has 17 heavy (non-hydrogen) atoms. The van der Waals surface area contributed by atoms with Crippen LogP contribution < -0.4 is 11.1 Å². The van der Waals surface area contributed by atoms with Crippen LogP contribution in [0.4, 0.5) is 10.1 Å². The highest BCUT2D eigenvalue weighted by Gasteiger charge is 2.19. The second-order valence-corrected chi connectivity index (χ2v) is 4.12. The number of carbonyl (C=O) groups is 1. The zero-order valence-corrected chi connectivity index (χ0v) is 9.58. The number of rotatable bonds is 4. The number of hydrogen-bond donors (Lipinski definition) is 2. The topological polar surface area (TPSA) is 68.0 Å². The third-order valence-electron chi connectivity index (χ3n) is 2.17. The first-order valence-corrected chi connectivity index (χ1v) is 5.80. The van der Waals surface area contributed by atoms with Gasteiger partial charge in [0, 0.05) is 11.1 Å². The van der Waals surface area contributed by atoms with Crippen molar-refractivity contribution in [2.24, 2.45) is 5.73 Å². The van der Waals surface area contributed by atoms with E-state index in [1.807, 2.05) is 0 Å². The van der Waals surface area contributed by atoms with Gasteiger partial charge in [-0.1, -0.05) is 6.07 Å². The Balaban J connectivity index is 2.22. The Hall–Kier alpha value is -1.95. The molecule has 1 atom stereocenters. The van der Waals surface area contributed by atoms with Gasteiger partial charge in [0.1, 0.15) is 11.9 Å². The summed E-state index contributed by atoms with van der Waals surface area (Å²) in [5, 5.41) is 4.58. The lowest BCUT2D eigenvalue weighted by molar-refractivity contribution is -0.118. The summed E-state index contributed by atoms with van der Waals surface area (Å²) in [6, 6.07) is 5.08. The number of thiazole rings is 1. The smallest absolute Gasteiger partial charge is 0.246 e. The summed E-state index contributed by atoms with van der Waals surface area (Å²) in [4.78, 5) is 15.3. The third kappa shape index (κ3) is 2.79. The molecule has 1 unspecified atom stereocenters. The van der Waals surface area contributed by atoms with E-state index in [2.05, 4.69) is 10.3 Å². The summed E-state index contributed by atoms with van der Waals surface area (Å²) in [5.41, 5.74) is 7.91. The average molecular weight is 251 g/mol. The first kappa shape index (κ1) is 11.5. The van der Waals surface area contributed by atoms with Gasteiger partial charge in [0.25, 0.3) is 0 Å². The number of nitrogens with zero attached hydrogens (tertiary/aromatic N) is 1. The highest BCUT2D eigenvalue weighted by Crippen LogP contribution is 2.19. The van der Waals surface area contributed by atoms with Crippen LogP contribution >= 0.6 is 11.3 Å². The van der Waals surface area contributed by atoms with Crippen LogP contribution in [0.2, 0.25) is 0 Å². The number of carbonyl (C=O) groups excluding carboxylic acids is 1. The van der Waals surface area contributed by atoms with E-state index in [4.69, 9.17) is 5.73 Å². The maximum Gasteiger partial charge on any atom is 0.246 e. The van der Waals surface area contributed by atoms with Gasteiger partial charge in [-0.25, -0.2) is 9.37 Å². The second kappa shape index (κ2) is 4.92. The first-order valence-electron chi connectivity index (χ1n) is 4.86. The number of hydrogen-bond acceptors (Lipinski definition) is 4. The zero-order chi connectivity index (χ0) is 12.3. The molecule has 6 heteroatoms. The van der Waals surface area contributed by atoms with Gasteiger partial charge in [0.2, 0.25) is 5.91 Å². The summed E-state index contributed by atoms with van der Waals surface area (Å²) in [6.07, 6.45) is 0. The van der Waals surface area contributed by atoms with Gasteiger partial charge < -0.3 is 11.1 Å². The number of primary amides is 1. The van der Waals surface area contributed by atoms with E-state index >= 15 is 0 Å². The van der Waals surface area contributed by atoms with Crippen molar-refractivity contribution in [3.05, 3.63) is 46.7 Å². The number of nitrogens with one attached hydrogen (secondary N) is 1. The summed E-state index contributed by atoms with van der Waals surface area (Å²) >= 11 is 1.37. The quantitative estimate of drug-likeness (QED) is 0.872. The molecule has 0 aliphatic heterocycles. The maximum atomic E-state index is 13.0. The van der Waals surface area contributed by atoms with Crippen molar-refractivity contribution in [3.63, 3.8) is 0 Å². The number of benzene rings is 1. The molecule has 2 aromatic rings. The molecule has 88 valence electrons. The minimum Gasteiger partial charge on any atom is -0.369 e. The molecule has 0 spiro atoms. The van der Waals surface area contributed by atoms with Gasteiger partial charge >= 0.3 is 0 Å². The molecule has 0 bridgehead atoms. The third-order valence-corrected chi connectivity index (χ3v) is 2.77. The number of anilines is 1. The lowest BCUT2D eigenvalue weighted by Gasteiger charge is -2.14. The Morgan fingerprint density at radius 1 is 1.53 bits per heavy atom. The minimum absolute atomic E-state index is 0.378. The van der Waals surface area contributed by atoms with Crippen molar-refractivity contribution in [1.82, 2.24) is 4.98 Å². The standard InChI is InChI=1S/C11H10FN3OS/c12-7-2-1-3-8(4-7)15-10(11(13)16)9-5-17-6-14-9/h1-6,10,15H,(H2,13,16). The van der Waals surface area contributed by atoms with Gasteiger partial charge in [0.15, 0.2) is 0 Å².